The van der Waals surface area contributed by atoms with Gasteiger partial charge in [0, 0.05) is 5.56 Å². The number of nitrogens with zero attached hydrogens (tertiary/aromatic N) is 2. The fourth-order valence-electron chi connectivity index (χ4n) is 2.43. The Morgan fingerprint density at radius 3 is 2.91 bits per heavy atom. The summed E-state index contributed by atoms with van der Waals surface area (Å²) in [5.41, 5.74) is 7.62. The molecule has 4 N–H and O–H groups in total. The number of hydrogen-bond acceptors (Lipinski definition) is 7. The second kappa shape index (κ2) is 5.99. The average Bonchev–Trinajstić information content (AvgIpc) is 3.11. The number of para-hydroxylation sites is 1. The van der Waals surface area contributed by atoms with E-state index < -0.39 is 6.04 Å². The van der Waals surface area contributed by atoms with Gasteiger partial charge in [0.1, 0.15) is 16.8 Å². The summed E-state index contributed by atoms with van der Waals surface area (Å²) in [6.07, 6.45) is 0.542. The summed E-state index contributed by atoms with van der Waals surface area (Å²) in [5.74, 6) is 0.0981. The van der Waals surface area contributed by atoms with E-state index in [0.29, 0.717) is 11.6 Å². The third-order valence-electron chi connectivity index (χ3n) is 3.62. The zero-order valence-electron chi connectivity index (χ0n) is 12.3. The number of hydrazine groups is 1. The summed E-state index contributed by atoms with van der Waals surface area (Å²) >= 11 is 1.33. The maximum Gasteiger partial charge on any atom is 0.244 e. The third-order valence-corrected chi connectivity index (χ3v) is 4.37. The van der Waals surface area contributed by atoms with Gasteiger partial charge < -0.3 is 5.11 Å². The van der Waals surface area contributed by atoms with Crippen molar-refractivity contribution < 1.29 is 9.90 Å². The number of benzene rings is 1. The minimum Gasteiger partial charge on any atom is -0.507 e. The monoisotopic (exact) mass is 319 g/mol. The molecule has 0 saturated carbocycles. The second-order valence-electron chi connectivity index (χ2n) is 5.26. The van der Waals surface area contributed by atoms with Crippen LogP contribution in [0.5, 0.6) is 5.75 Å². The molecule has 1 aliphatic rings. The van der Waals surface area contributed by atoms with Crippen LogP contribution in [0.3, 0.4) is 0 Å². The van der Waals surface area contributed by atoms with Crippen LogP contribution in [0, 0.1) is 13.8 Å². The Morgan fingerprint density at radius 2 is 2.18 bits per heavy atom. The summed E-state index contributed by atoms with van der Waals surface area (Å²) < 4.78 is 0. The third kappa shape index (κ3) is 2.94. The van der Waals surface area contributed by atoms with Gasteiger partial charge in [-0.05, 0) is 25.8 Å². The number of aromatic nitrogens is 2. The highest BCUT2D eigenvalue weighted by atomic mass is 32.1. The van der Waals surface area contributed by atoms with Crippen LogP contribution in [-0.4, -0.2) is 27.3 Å². The van der Waals surface area contributed by atoms with E-state index in [1.54, 1.807) is 0 Å². The van der Waals surface area contributed by atoms with Gasteiger partial charge in [0.25, 0.3) is 0 Å². The largest absolute Gasteiger partial charge is 0.507 e. The molecule has 22 heavy (non-hydrogen) atoms. The van der Waals surface area contributed by atoms with E-state index in [1.807, 2.05) is 32.0 Å². The van der Waals surface area contributed by atoms with Crippen LogP contribution in [0.15, 0.2) is 18.2 Å². The molecule has 0 aliphatic carbocycles. The lowest BCUT2D eigenvalue weighted by Crippen LogP contribution is -2.39. The van der Waals surface area contributed by atoms with Crippen LogP contribution in [0.25, 0.3) is 0 Å². The molecule has 0 spiro atoms. The molecule has 8 heteroatoms. The molecule has 116 valence electrons. The highest BCUT2D eigenvalue weighted by molar-refractivity contribution is 7.15. The topological polar surface area (TPSA) is 99.2 Å². The molecule has 0 bridgehead atoms. The smallest absolute Gasteiger partial charge is 0.244 e. The summed E-state index contributed by atoms with van der Waals surface area (Å²) in [4.78, 5) is 12.2. The number of phenols is 1. The van der Waals surface area contributed by atoms with Gasteiger partial charge in [0.2, 0.25) is 11.0 Å². The molecule has 1 aliphatic heterocycles. The number of rotatable bonds is 3. The number of carbonyl (C=O) groups excluding carboxylic acids is 1. The van der Waals surface area contributed by atoms with Gasteiger partial charge in [-0.2, -0.15) is 0 Å². The van der Waals surface area contributed by atoms with E-state index in [4.69, 9.17) is 0 Å². The van der Waals surface area contributed by atoms with Gasteiger partial charge in [0.15, 0.2) is 0 Å². The molecule has 7 nitrogen and oxygen atoms in total. The van der Waals surface area contributed by atoms with Crippen LogP contribution in [-0.2, 0) is 4.79 Å². The SMILES string of the molecule is Cc1nnc(NC(=O)C2CC(c3cccc(C)c3O)NN2)s1. The van der Waals surface area contributed by atoms with Crippen LogP contribution < -0.4 is 16.2 Å². The average molecular weight is 319 g/mol. The quantitative estimate of drug-likeness (QED) is 0.683. The Hall–Kier alpha value is -2.03. The molecule has 1 aromatic carbocycles. The molecular weight excluding hydrogens is 302 g/mol. The lowest BCUT2D eigenvalue weighted by Gasteiger charge is -2.13. The molecule has 2 unspecified atom stereocenters. The van der Waals surface area contributed by atoms with E-state index in [0.717, 1.165) is 16.1 Å². The van der Waals surface area contributed by atoms with Crippen LogP contribution in [0.1, 0.15) is 28.6 Å². The van der Waals surface area contributed by atoms with Crippen molar-refractivity contribution in [2.75, 3.05) is 5.32 Å². The molecule has 2 aromatic rings. The van der Waals surface area contributed by atoms with Gasteiger partial charge in [0.05, 0.1) is 6.04 Å². The zero-order chi connectivity index (χ0) is 15.7. The number of aromatic hydroxyl groups is 1. The molecule has 1 saturated heterocycles. The molecule has 1 amide bonds. The van der Waals surface area contributed by atoms with Crippen molar-refractivity contribution in [2.45, 2.75) is 32.4 Å². The lowest BCUT2D eigenvalue weighted by atomic mass is 9.99. The van der Waals surface area contributed by atoms with E-state index in [1.165, 1.54) is 11.3 Å². The molecule has 0 radical (unpaired) electrons. The van der Waals surface area contributed by atoms with Crippen molar-refractivity contribution in [3.8, 4) is 5.75 Å². The Kier molecular flexibility index (Phi) is 4.06. The number of anilines is 1. The summed E-state index contributed by atoms with van der Waals surface area (Å²) in [5, 5.41) is 21.9. The molecule has 1 aromatic heterocycles. The Bertz CT molecular complexity index is 702. The van der Waals surface area contributed by atoms with Gasteiger partial charge in [-0.15, -0.1) is 10.2 Å². The predicted octanol–water partition coefficient (Wildman–Crippen LogP) is 1.41. The lowest BCUT2D eigenvalue weighted by molar-refractivity contribution is -0.117. The number of nitrogens with one attached hydrogen (secondary N) is 3. The second-order valence-corrected chi connectivity index (χ2v) is 6.44. The van der Waals surface area contributed by atoms with Gasteiger partial charge >= 0.3 is 0 Å². The fraction of sp³-hybridized carbons (Fsp3) is 0.357. The van der Waals surface area contributed by atoms with E-state index in [2.05, 4.69) is 26.4 Å². The highest BCUT2D eigenvalue weighted by Gasteiger charge is 2.32. The number of amides is 1. The van der Waals surface area contributed by atoms with Crippen molar-refractivity contribution in [2.24, 2.45) is 0 Å². The minimum atomic E-state index is -0.394. The number of phenolic OH excluding ortho intramolecular Hbond substituents is 1. The van der Waals surface area contributed by atoms with Crippen LogP contribution >= 0.6 is 11.3 Å². The first kappa shape index (κ1) is 14.9. The predicted molar refractivity (Wildman–Crippen MR) is 83.5 cm³/mol. The van der Waals surface area contributed by atoms with Crippen molar-refractivity contribution >= 4 is 22.4 Å². The highest BCUT2D eigenvalue weighted by Crippen LogP contribution is 2.31. The van der Waals surface area contributed by atoms with E-state index in [9.17, 15) is 9.90 Å². The van der Waals surface area contributed by atoms with E-state index in [-0.39, 0.29) is 17.7 Å². The number of aryl methyl sites for hydroxylation is 2. The first-order valence-corrected chi connectivity index (χ1v) is 7.76. The first-order chi connectivity index (χ1) is 10.5. The molecule has 3 rings (SSSR count). The first-order valence-electron chi connectivity index (χ1n) is 6.95. The van der Waals surface area contributed by atoms with Crippen molar-refractivity contribution in [1.82, 2.24) is 21.0 Å². The molecule has 1 fully saturated rings. The van der Waals surface area contributed by atoms with Crippen molar-refractivity contribution in [1.29, 1.82) is 0 Å². The number of carbonyl (C=O) groups is 1. The van der Waals surface area contributed by atoms with Gasteiger partial charge in [-0.1, -0.05) is 29.5 Å². The summed E-state index contributed by atoms with van der Waals surface area (Å²) in [6, 6.07) is 5.09. The fourth-order valence-corrected chi connectivity index (χ4v) is 3.03. The van der Waals surface area contributed by atoms with Gasteiger partial charge in [-0.25, -0.2) is 10.9 Å². The van der Waals surface area contributed by atoms with Crippen molar-refractivity contribution in [3.63, 3.8) is 0 Å². The minimum absolute atomic E-state index is 0.119. The standard InChI is InChI=1S/C14H17N5O2S/c1-7-4-3-5-9(12(7)20)10-6-11(18-17-10)13(21)15-14-19-16-8(2)22-14/h3-5,10-11,17-18,20H,6H2,1-2H3,(H,15,19,21). The van der Waals surface area contributed by atoms with Gasteiger partial charge in [-0.3, -0.25) is 10.1 Å². The zero-order valence-corrected chi connectivity index (χ0v) is 13.1. The molecular formula is C14H17N5O2S. The molecule has 2 heterocycles. The Balaban J connectivity index is 1.67. The summed E-state index contributed by atoms with van der Waals surface area (Å²) in [7, 11) is 0. The van der Waals surface area contributed by atoms with E-state index >= 15 is 0 Å². The Morgan fingerprint density at radius 1 is 1.36 bits per heavy atom. The maximum atomic E-state index is 12.2. The van der Waals surface area contributed by atoms with Crippen LogP contribution in [0.4, 0.5) is 5.13 Å². The van der Waals surface area contributed by atoms with Crippen LogP contribution in [0.2, 0.25) is 0 Å². The maximum absolute atomic E-state index is 12.2. The summed E-state index contributed by atoms with van der Waals surface area (Å²) in [6.45, 7) is 3.68. The normalized spacial score (nSPS) is 21.0. The number of hydrogen-bond donors (Lipinski definition) is 4. The Labute approximate surface area is 131 Å². The van der Waals surface area contributed by atoms with Crippen molar-refractivity contribution in [3.05, 3.63) is 34.3 Å². The molecule has 2 atom stereocenters.